The van der Waals surface area contributed by atoms with Crippen LogP contribution >= 0.6 is 15.9 Å². The quantitative estimate of drug-likeness (QED) is 0.204. The van der Waals surface area contributed by atoms with Crippen molar-refractivity contribution in [3.05, 3.63) is 124 Å². The molecule has 0 aromatic heterocycles. The molecule has 7 rings (SSSR count). The summed E-state index contributed by atoms with van der Waals surface area (Å²) in [7, 11) is 6.25. The minimum atomic E-state index is -0.193. The van der Waals surface area contributed by atoms with Crippen LogP contribution in [0.15, 0.2) is 107 Å². The molecule has 4 heteroatoms. The van der Waals surface area contributed by atoms with Gasteiger partial charge in [0.2, 0.25) is 5.69 Å². The van der Waals surface area contributed by atoms with E-state index in [1.807, 2.05) is 0 Å². The molecule has 2 aliphatic heterocycles. The highest BCUT2D eigenvalue weighted by molar-refractivity contribution is 9.10. The number of methoxy groups -OCH3 is 1. The first kappa shape index (κ1) is 28.2. The van der Waals surface area contributed by atoms with E-state index in [2.05, 4.69) is 144 Å². The van der Waals surface area contributed by atoms with Crippen molar-refractivity contribution in [3.63, 3.8) is 0 Å². The molecular formula is C39H40BrN2O+. The third-order valence-corrected chi connectivity index (χ3v) is 10.8. The normalized spacial score (nSPS) is 21.8. The molecule has 218 valence electrons. The van der Waals surface area contributed by atoms with E-state index in [0.29, 0.717) is 0 Å². The number of hydrogen-bond donors (Lipinski definition) is 0. The number of likely N-dealkylation sites (N-methyl/N-ethyl adjacent to an activating group) is 1. The summed E-state index contributed by atoms with van der Waals surface area (Å²) in [6, 6.07) is 28.8. The van der Waals surface area contributed by atoms with Crippen LogP contribution in [0.1, 0.15) is 55.7 Å². The lowest BCUT2D eigenvalue weighted by atomic mass is 9.67. The first-order valence-electron chi connectivity index (χ1n) is 15.5. The Hall–Kier alpha value is -3.63. The summed E-state index contributed by atoms with van der Waals surface area (Å²) in [6.45, 7) is 2.43. The topological polar surface area (TPSA) is 15.5 Å². The van der Waals surface area contributed by atoms with Crippen molar-refractivity contribution in [2.45, 2.75) is 56.3 Å². The lowest BCUT2D eigenvalue weighted by Gasteiger charge is -2.31. The Bertz CT molecular complexity index is 1830. The van der Waals surface area contributed by atoms with E-state index >= 15 is 0 Å². The van der Waals surface area contributed by atoms with Crippen LogP contribution in [0.4, 0.5) is 11.4 Å². The van der Waals surface area contributed by atoms with Gasteiger partial charge in [-0.25, -0.2) is 0 Å². The van der Waals surface area contributed by atoms with Crippen LogP contribution in [0.5, 0.6) is 5.75 Å². The highest BCUT2D eigenvalue weighted by Gasteiger charge is 2.50. The summed E-state index contributed by atoms with van der Waals surface area (Å²) in [6.07, 6.45) is 14.2. The molecule has 1 spiro atoms. The number of rotatable bonds is 5. The summed E-state index contributed by atoms with van der Waals surface area (Å²) in [4.78, 5) is 2.42. The zero-order chi connectivity index (χ0) is 29.8. The van der Waals surface area contributed by atoms with Gasteiger partial charge in [-0.3, -0.25) is 0 Å². The Morgan fingerprint density at radius 1 is 0.953 bits per heavy atom. The van der Waals surface area contributed by atoms with Gasteiger partial charge in [-0.15, -0.1) is 0 Å². The summed E-state index contributed by atoms with van der Waals surface area (Å²) < 4.78 is 9.23. The lowest BCUT2D eigenvalue weighted by molar-refractivity contribution is -0.401. The maximum atomic E-state index is 5.68. The van der Waals surface area contributed by atoms with Crippen molar-refractivity contribution in [2.75, 3.05) is 26.1 Å². The van der Waals surface area contributed by atoms with E-state index in [0.717, 1.165) is 16.6 Å². The molecule has 0 bridgehead atoms. The summed E-state index contributed by atoms with van der Waals surface area (Å²) in [5, 5.41) is 2.63. The van der Waals surface area contributed by atoms with Gasteiger partial charge in [0.15, 0.2) is 5.71 Å². The molecule has 0 amide bonds. The van der Waals surface area contributed by atoms with Crippen LogP contribution in [-0.2, 0) is 17.3 Å². The smallest absolute Gasteiger partial charge is 0.209 e. The number of benzene rings is 4. The molecule has 2 heterocycles. The maximum absolute atomic E-state index is 5.68. The molecule has 3 aliphatic rings. The van der Waals surface area contributed by atoms with Gasteiger partial charge < -0.3 is 9.64 Å². The molecule has 0 saturated heterocycles. The van der Waals surface area contributed by atoms with Gasteiger partial charge in [-0.2, -0.15) is 4.58 Å². The van der Waals surface area contributed by atoms with Crippen LogP contribution in [0.25, 0.3) is 10.8 Å². The standard InChI is InChI=1S/C39H40BrN2O/c1-38(26-27-12-10-14-29(40)24-27)35(42(3)34-20-18-28-13-6-7-15-31(28)37(34)38)16-11-17-36-39(22-8-5-9-23-39)32-25-30(43-4)19-21-33(32)41(36)2/h6-7,10-21,24-25H,5,8-9,22-23,26H2,1-4H3/q+1. The number of halogens is 1. The fourth-order valence-electron chi connectivity index (χ4n) is 8.37. The molecule has 0 N–H and O–H groups in total. The van der Waals surface area contributed by atoms with Crippen LogP contribution in [0.2, 0.25) is 0 Å². The monoisotopic (exact) mass is 631 g/mol. The minimum Gasteiger partial charge on any atom is -0.497 e. The molecule has 1 atom stereocenters. The maximum Gasteiger partial charge on any atom is 0.209 e. The molecule has 3 nitrogen and oxygen atoms in total. The van der Waals surface area contributed by atoms with E-state index in [1.54, 1.807) is 7.11 Å². The predicted molar refractivity (Wildman–Crippen MR) is 183 cm³/mol. The number of allylic oxidation sites excluding steroid dienone is 4. The lowest BCUT2D eigenvalue weighted by Crippen LogP contribution is -2.36. The van der Waals surface area contributed by atoms with Crippen molar-refractivity contribution in [1.29, 1.82) is 0 Å². The number of nitrogens with zero attached hydrogens (tertiary/aromatic N) is 2. The number of anilines is 1. The van der Waals surface area contributed by atoms with E-state index in [-0.39, 0.29) is 10.8 Å². The largest absolute Gasteiger partial charge is 0.497 e. The second-order valence-electron chi connectivity index (χ2n) is 12.8. The molecule has 0 radical (unpaired) electrons. The van der Waals surface area contributed by atoms with E-state index in [4.69, 9.17) is 4.74 Å². The Kier molecular flexibility index (Phi) is 7.09. The zero-order valence-corrected chi connectivity index (χ0v) is 27.2. The molecule has 1 aliphatic carbocycles. The van der Waals surface area contributed by atoms with Crippen LogP contribution in [0.3, 0.4) is 0 Å². The third-order valence-electron chi connectivity index (χ3n) is 10.3. The van der Waals surface area contributed by atoms with Gasteiger partial charge in [0.25, 0.3) is 0 Å². The van der Waals surface area contributed by atoms with Gasteiger partial charge in [0.05, 0.1) is 12.5 Å². The average molecular weight is 633 g/mol. The highest BCUT2D eigenvalue weighted by atomic mass is 79.9. The van der Waals surface area contributed by atoms with Crippen LogP contribution in [0, 0.1) is 0 Å². The van der Waals surface area contributed by atoms with Gasteiger partial charge >= 0.3 is 0 Å². The fraction of sp³-hybridized carbons (Fsp3) is 0.308. The van der Waals surface area contributed by atoms with Crippen molar-refractivity contribution >= 4 is 43.8 Å². The Morgan fingerprint density at radius 3 is 2.56 bits per heavy atom. The first-order valence-corrected chi connectivity index (χ1v) is 16.3. The Labute approximate surface area is 264 Å². The molecule has 1 fully saturated rings. The molecule has 1 unspecified atom stereocenters. The fourth-order valence-corrected chi connectivity index (χ4v) is 8.81. The number of hydrogen-bond acceptors (Lipinski definition) is 2. The van der Waals surface area contributed by atoms with E-state index in [1.165, 1.54) is 82.4 Å². The van der Waals surface area contributed by atoms with Gasteiger partial charge in [0.1, 0.15) is 12.8 Å². The number of ether oxygens (including phenoxy) is 1. The van der Waals surface area contributed by atoms with Crippen LogP contribution in [-0.4, -0.2) is 31.5 Å². The van der Waals surface area contributed by atoms with Crippen molar-refractivity contribution < 1.29 is 9.31 Å². The van der Waals surface area contributed by atoms with Gasteiger partial charge in [0, 0.05) is 46.0 Å². The molecule has 1 saturated carbocycles. The molecular weight excluding hydrogens is 592 g/mol. The minimum absolute atomic E-state index is 0.0479. The van der Waals surface area contributed by atoms with E-state index in [9.17, 15) is 0 Å². The average Bonchev–Trinajstić information content (AvgIpc) is 3.37. The first-order chi connectivity index (χ1) is 20.9. The Balaban J connectivity index is 1.34. The molecule has 43 heavy (non-hydrogen) atoms. The van der Waals surface area contributed by atoms with Gasteiger partial charge in [-0.1, -0.05) is 83.7 Å². The number of fused-ring (bicyclic) bond motifs is 5. The van der Waals surface area contributed by atoms with Crippen LogP contribution < -0.4 is 9.64 Å². The second kappa shape index (κ2) is 10.8. The Morgan fingerprint density at radius 2 is 1.77 bits per heavy atom. The van der Waals surface area contributed by atoms with Gasteiger partial charge in [-0.05, 0) is 84.5 Å². The SMILES string of the molecule is COc1ccc2c(c1)C1(CCCCC1)C(C=CC=C1N(C)c3ccc4ccccc4c3C1(C)Cc1cccc(Br)c1)=[N+]2C. The molecule has 4 aromatic carbocycles. The predicted octanol–water partition coefficient (Wildman–Crippen LogP) is 9.63. The summed E-state index contributed by atoms with van der Waals surface area (Å²) >= 11 is 3.72. The second-order valence-corrected chi connectivity index (χ2v) is 13.7. The van der Waals surface area contributed by atoms with Crippen molar-refractivity contribution in [3.8, 4) is 5.75 Å². The van der Waals surface area contributed by atoms with E-state index < -0.39 is 0 Å². The molecule has 4 aromatic rings. The summed E-state index contributed by atoms with van der Waals surface area (Å²) in [5.41, 5.74) is 9.37. The summed E-state index contributed by atoms with van der Waals surface area (Å²) in [5.74, 6) is 0.949. The zero-order valence-electron chi connectivity index (χ0n) is 25.7. The third kappa shape index (κ3) is 4.49. The highest BCUT2D eigenvalue weighted by Crippen LogP contribution is 2.53. The van der Waals surface area contributed by atoms with Crippen molar-refractivity contribution in [2.24, 2.45) is 0 Å². The van der Waals surface area contributed by atoms with Crippen molar-refractivity contribution in [1.82, 2.24) is 0 Å².